The summed E-state index contributed by atoms with van der Waals surface area (Å²) in [6, 6.07) is 5.59. The number of carbonyl (C=O) groups excluding carboxylic acids is 1. The van der Waals surface area contributed by atoms with Crippen molar-refractivity contribution in [3.8, 4) is 0 Å². The van der Waals surface area contributed by atoms with Crippen molar-refractivity contribution >= 4 is 23.4 Å². The summed E-state index contributed by atoms with van der Waals surface area (Å²) in [5, 5.41) is 2.25. The SMILES string of the molecule is CC(Sc1nc(C(C)C)cc(=O)[nH]1)C(=O)Nc1ccc(C(F)(F)F)cc1. The largest absolute Gasteiger partial charge is 0.416 e. The van der Waals surface area contributed by atoms with Gasteiger partial charge in [-0.3, -0.25) is 9.59 Å². The van der Waals surface area contributed by atoms with Crippen LogP contribution in [0.15, 0.2) is 40.3 Å². The highest BCUT2D eigenvalue weighted by Crippen LogP contribution is 2.30. The van der Waals surface area contributed by atoms with Crippen molar-refractivity contribution in [3.63, 3.8) is 0 Å². The van der Waals surface area contributed by atoms with E-state index in [4.69, 9.17) is 0 Å². The first-order valence-electron chi connectivity index (χ1n) is 7.82. The maximum absolute atomic E-state index is 12.5. The molecule has 0 saturated carbocycles. The number of H-pyrrole nitrogens is 1. The van der Waals surface area contributed by atoms with Gasteiger partial charge in [0.1, 0.15) is 0 Å². The highest BCUT2D eigenvalue weighted by atomic mass is 32.2. The molecular weight excluding hydrogens is 367 g/mol. The van der Waals surface area contributed by atoms with Crippen molar-refractivity contribution in [2.45, 2.75) is 43.3 Å². The van der Waals surface area contributed by atoms with Crippen LogP contribution in [0, 0.1) is 0 Å². The maximum Gasteiger partial charge on any atom is 0.416 e. The highest BCUT2D eigenvalue weighted by molar-refractivity contribution is 8.00. The van der Waals surface area contributed by atoms with E-state index in [-0.39, 0.29) is 17.2 Å². The summed E-state index contributed by atoms with van der Waals surface area (Å²) in [5.74, 6) is -0.347. The molecule has 0 fully saturated rings. The summed E-state index contributed by atoms with van der Waals surface area (Å²) in [6.07, 6.45) is -4.43. The Morgan fingerprint density at radius 1 is 1.19 bits per heavy atom. The second-order valence-corrected chi connectivity index (χ2v) is 7.28. The van der Waals surface area contributed by atoms with Crippen LogP contribution < -0.4 is 10.9 Å². The number of halogens is 3. The third-order valence-electron chi connectivity index (χ3n) is 3.47. The van der Waals surface area contributed by atoms with Gasteiger partial charge in [-0.1, -0.05) is 25.6 Å². The zero-order chi connectivity index (χ0) is 19.5. The van der Waals surface area contributed by atoms with Crippen molar-refractivity contribution in [1.29, 1.82) is 0 Å². The van der Waals surface area contributed by atoms with Gasteiger partial charge in [0.25, 0.3) is 5.56 Å². The smallest absolute Gasteiger partial charge is 0.325 e. The molecule has 1 unspecified atom stereocenters. The predicted octanol–water partition coefficient (Wildman–Crippen LogP) is 4.03. The molecule has 1 atom stereocenters. The van der Waals surface area contributed by atoms with E-state index in [9.17, 15) is 22.8 Å². The molecule has 0 bridgehead atoms. The van der Waals surface area contributed by atoms with Gasteiger partial charge in [-0.05, 0) is 37.1 Å². The number of alkyl halides is 3. The van der Waals surface area contributed by atoms with Gasteiger partial charge in [-0.2, -0.15) is 13.2 Å². The monoisotopic (exact) mass is 385 g/mol. The van der Waals surface area contributed by atoms with Gasteiger partial charge in [0.15, 0.2) is 5.16 Å². The number of anilines is 1. The van der Waals surface area contributed by atoms with E-state index in [0.717, 1.165) is 23.9 Å². The molecule has 1 aromatic heterocycles. The van der Waals surface area contributed by atoms with E-state index in [1.54, 1.807) is 6.92 Å². The molecule has 0 radical (unpaired) electrons. The molecule has 0 aliphatic heterocycles. The minimum atomic E-state index is -4.43. The van der Waals surface area contributed by atoms with Gasteiger partial charge in [0, 0.05) is 11.8 Å². The number of nitrogens with zero attached hydrogens (tertiary/aromatic N) is 1. The molecular formula is C17H18F3N3O2S. The van der Waals surface area contributed by atoms with E-state index in [2.05, 4.69) is 15.3 Å². The molecule has 2 rings (SSSR count). The fourth-order valence-corrected chi connectivity index (χ4v) is 2.83. The number of aromatic amines is 1. The minimum absolute atomic E-state index is 0.0629. The number of benzene rings is 1. The molecule has 0 aliphatic carbocycles. The van der Waals surface area contributed by atoms with Gasteiger partial charge < -0.3 is 10.3 Å². The van der Waals surface area contributed by atoms with Crippen LogP contribution in [0.4, 0.5) is 18.9 Å². The van der Waals surface area contributed by atoms with Crippen LogP contribution in [0.1, 0.15) is 37.9 Å². The van der Waals surface area contributed by atoms with Crippen LogP contribution >= 0.6 is 11.8 Å². The van der Waals surface area contributed by atoms with Crippen LogP contribution in [0.3, 0.4) is 0 Å². The lowest BCUT2D eigenvalue weighted by Crippen LogP contribution is -2.23. The van der Waals surface area contributed by atoms with Crippen molar-refractivity contribution in [1.82, 2.24) is 9.97 Å². The molecule has 26 heavy (non-hydrogen) atoms. The van der Waals surface area contributed by atoms with E-state index in [0.29, 0.717) is 10.9 Å². The number of hydrogen-bond acceptors (Lipinski definition) is 4. The van der Waals surface area contributed by atoms with Gasteiger partial charge in [0.2, 0.25) is 5.91 Å². The Bertz CT molecular complexity index is 832. The summed E-state index contributed by atoms with van der Waals surface area (Å²) in [5.41, 5.74) is -0.217. The van der Waals surface area contributed by atoms with Crippen LogP contribution in [0.5, 0.6) is 0 Å². The number of aromatic nitrogens is 2. The zero-order valence-corrected chi connectivity index (χ0v) is 15.2. The van der Waals surface area contributed by atoms with Crippen LogP contribution in [-0.2, 0) is 11.0 Å². The second-order valence-electron chi connectivity index (χ2n) is 5.95. The van der Waals surface area contributed by atoms with Gasteiger partial charge in [0.05, 0.1) is 16.5 Å². The molecule has 140 valence electrons. The van der Waals surface area contributed by atoms with Crippen molar-refractivity contribution in [2.75, 3.05) is 5.32 Å². The Labute approximate surface area is 152 Å². The van der Waals surface area contributed by atoms with Crippen molar-refractivity contribution in [3.05, 3.63) is 51.9 Å². The zero-order valence-electron chi connectivity index (χ0n) is 14.3. The fraction of sp³-hybridized carbons (Fsp3) is 0.353. The number of hydrogen-bond donors (Lipinski definition) is 2. The molecule has 0 aliphatic rings. The van der Waals surface area contributed by atoms with Crippen LogP contribution in [0.25, 0.3) is 0 Å². The van der Waals surface area contributed by atoms with Gasteiger partial charge >= 0.3 is 6.18 Å². The molecule has 0 spiro atoms. The molecule has 9 heteroatoms. The Balaban J connectivity index is 2.05. The summed E-state index contributed by atoms with van der Waals surface area (Å²) in [7, 11) is 0. The molecule has 1 aromatic carbocycles. The summed E-state index contributed by atoms with van der Waals surface area (Å²) in [6.45, 7) is 5.42. The van der Waals surface area contributed by atoms with Crippen LogP contribution in [0.2, 0.25) is 0 Å². The first kappa shape index (κ1) is 20.0. The Hall–Kier alpha value is -2.29. The average Bonchev–Trinajstić information content (AvgIpc) is 2.53. The molecule has 5 nitrogen and oxygen atoms in total. The third kappa shape index (κ3) is 5.35. The van der Waals surface area contributed by atoms with Crippen molar-refractivity contribution in [2.24, 2.45) is 0 Å². The predicted molar refractivity (Wildman–Crippen MR) is 94.3 cm³/mol. The van der Waals surface area contributed by atoms with Gasteiger partial charge in [-0.25, -0.2) is 4.98 Å². The maximum atomic E-state index is 12.5. The number of carbonyl (C=O) groups is 1. The summed E-state index contributed by atoms with van der Waals surface area (Å²) >= 11 is 1.07. The van der Waals surface area contributed by atoms with E-state index < -0.39 is 22.9 Å². The lowest BCUT2D eigenvalue weighted by atomic mass is 10.1. The molecule has 0 saturated heterocycles. The van der Waals surface area contributed by atoms with E-state index in [1.807, 2.05) is 13.8 Å². The molecule has 2 N–H and O–H groups in total. The topological polar surface area (TPSA) is 74.8 Å². The number of nitrogens with one attached hydrogen (secondary N) is 2. The summed E-state index contributed by atoms with van der Waals surface area (Å²) in [4.78, 5) is 30.8. The lowest BCUT2D eigenvalue weighted by molar-refractivity contribution is -0.137. The average molecular weight is 385 g/mol. The Kier molecular flexibility index (Phi) is 6.12. The standard InChI is InChI=1S/C17H18F3N3O2S/c1-9(2)13-8-14(24)23-16(22-13)26-10(3)15(25)21-12-6-4-11(5-7-12)17(18,19)20/h4-10H,1-3H3,(H,21,25)(H,22,23,24). The fourth-order valence-electron chi connectivity index (χ4n) is 2.01. The molecule has 1 heterocycles. The normalized spacial score (nSPS) is 12.9. The van der Waals surface area contributed by atoms with Crippen molar-refractivity contribution < 1.29 is 18.0 Å². The molecule has 1 amide bonds. The van der Waals surface area contributed by atoms with E-state index in [1.165, 1.54) is 18.2 Å². The Morgan fingerprint density at radius 3 is 2.35 bits per heavy atom. The number of amides is 1. The van der Waals surface area contributed by atoms with Crippen LogP contribution in [-0.4, -0.2) is 21.1 Å². The Morgan fingerprint density at radius 2 is 1.81 bits per heavy atom. The first-order valence-corrected chi connectivity index (χ1v) is 8.70. The second kappa shape index (κ2) is 7.94. The highest BCUT2D eigenvalue weighted by Gasteiger charge is 2.30. The quantitative estimate of drug-likeness (QED) is 0.602. The minimum Gasteiger partial charge on any atom is -0.325 e. The third-order valence-corrected chi connectivity index (χ3v) is 4.45. The number of thioether (sulfide) groups is 1. The summed E-state index contributed by atoms with van der Waals surface area (Å²) < 4.78 is 37.6. The van der Waals surface area contributed by atoms with E-state index >= 15 is 0 Å². The lowest BCUT2D eigenvalue weighted by Gasteiger charge is -2.13. The molecule has 2 aromatic rings. The van der Waals surface area contributed by atoms with Gasteiger partial charge in [-0.15, -0.1) is 0 Å². The number of rotatable bonds is 5. The first-order chi connectivity index (χ1) is 12.1.